The molecule has 0 amide bonds. The molecule has 3 rings (SSSR count). The van der Waals surface area contributed by atoms with Crippen LogP contribution in [0.25, 0.3) is 11.0 Å². The number of fused-ring (bicyclic) bond motifs is 1. The Bertz CT molecular complexity index is 703. The van der Waals surface area contributed by atoms with Gasteiger partial charge in [0.05, 0.1) is 0 Å². The average Bonchev–Trinajstić information content (AvgIpc) is 2.78. The lowest BCUT2D eigenvalue weighted by Gasteiger charge is -2.06. The summed E-state index contributed by atoms with van der Waals surface area (Å²) in [6.45, 7) is 0.575. The highest BCUT2D eigenvalue weighted by Gasteiger charge is 2.04. The summed E-state index contributed by atoms with van der Waals surface area (Å²) in [5, 5.41) is 4.58. The maximum Gasteiger partial charge on any atom is 0.137 e. The van der Waals surface area contributed by atoms with Crippen LogP contribution in [0.5, 0.6) is 0 Å². The van der Waals surface area contributed by atoms with Crippen molar-refractivity contribution in [1.82, 2.24) is 9.97 Å². The zero-order chi connectivity index (χ0) is 13.2. The minimum absolute atomic E-state index is 0.351. The molecular formula is C14H11ClFN3. The van der Waals surface area contributed by atoms with E-state index < -0.39 is 0 Å². The summed E-state index contributed by atoms with van der Waals surface area (Å²) in [4.78, 5) is 7.32. The van der Waals surface area contributed by atoms with Crippen LogP contribution in [0, 0.1) is 5.82 Å². The number of benzene rings is 1. The minimum atomic E-state index is -0.351. The Balaban J connectivity index is 1.82. The fraction of sp³-hybridized carbons (Fsp3) is 0.0714. The number of hydrogen-bond donors (Lipinski definition) is 2. The van der Waals surface area contributed by atoms with Crippen molar-refractivity contribution in [3.05, 3.63) is 59.1 Å². The minimum Gasteiger partial charge on any atom is -0.381 e. The molecule has 0 unspecified atom stereocenters. The van der Waals surface area contributed by atoms with Crippen molar-refractivity contribution < 1.29 is 4.39 Å². The first-order valence-electron chi connectivity index (χ1n) is 5.83. The Kier molecular flexibility index (Phi) is 3.09. The van der Waals surface area contributed by atoms with E-state index in [9.17, 15) is 4.39 Å². The Morgan fingerprint density at radius 3 is 3.05 bits per heavy atom. The first-order chi connectivity index (χ1) is 9.22. The van der Waals surface area contributed by atoms with Gasteiger partial charge in [-0.3, -0.25) is 0 Å². The maximum atomic E-state index is 13.2. The van der Waals surface area contributed by atoms with Crippen molar-refractivity contribution in [3.63, 3.8) is 0 Å². The first kappa shape index (κ1) is 12.0. The van der Waals surface area contributed by atoms with Gasteiger partial charge in [-0.25, -0.2) is 9.37 Å². The van der Waals surface area contributed by atoms with Gasteiger partial charge in [0.25, 0.3) is 0 Å². The first-order valence-corrected chi connectivity index (χ1v) is 6.21. The van der Waals surface area contributed by atoms with Gasteiger partial charge in [0, 0.05) is 35.0 Å². The van der Waals surface area contributed by atoms with Crippen molar-refractivity contribution in [2.45, 2.75) is 6.54 Å². The molecule has 0 saturated carbocycles. The summed E-state index contributed by atoms with van der Waals surface area (Å²) in [5.41, 5.74) is 2.57. The number of rotatable bonds is 3. The molecule has 0 spiro atoms. The maximum absolute atomic E-state index is 13.2. The van der Waals surface area contributed by atoms with Gasteiger partial charge >= 0.3 is 0 Å². The van der Waals surface area contributed by atoms with E-state index in [4.69, 9.17) is 11.6 Å². The summed E-state index contributed by atoms with van der Waals surface area (Å²) in [7, 11) is 0. The van der Waals surface area contributed by atoms with E-state index in [1.807, 2.05) is 18.3 Å². The molecule has 96 valence electrons. The van der Waals surface area contributed by atoms with Crippen LogP contribution in [0.1, 0.15) is 5.56 Å². The molecule has 0 aliphatic carbocycles. The van der Waals surface area contributed by atoms with Gasteiger partial charge < -0.3 is 10.3 Å². The standard InChI is InChI=1S/C14H11ClFN3/c15-10-4-11(16)6-12(5-10)18-7-9-8-19-14-13(9)2-1-3-17-14/h1-6,8,18H,7H2,(H,17,19). The van der Waals surface area contributed by atoms with Crippen LogP contribution in [0.15, 0.2) is 42.7 Å². The van der Waals surface area contributed by atoms with E-state index in [0.29, 0.717) is 17.3 Å². The third-order valence-corrected chi connectivity index (χ3v) is 3.10. The van der Waals surface area contributed by atoms with Gasteiger partial charge in [0.1, 0.15) is 11.5 Å². The van der Waals surface area contributed by atoms with Gasteiger partial charge in [0.2, 0.25) is 0 Å². The van der Waals surface area contributed by atoms with Crippen molar-refractivity contribution in [3.8, 4) is 0 Å². The van der Waals surface area contributed by atoms with Crippen molar-refractivity contribution in [2.75, 3.05) is 5.32 Å². The Morgan fingerprint density at radius 2 is 2.21 bits per heavy atom. The Hall–Kier alpha value is -2.07. The molecular weight excluding hydrogens is 265 g/mol. The molecule has 0 atom stereocenters. The topological polar surface area (TPSA) is 40.7 Å². The molecule has 2 aromatic heterocycles. The molecule has 0 fully saturated rings. The number of aromatic nitrogens is 2. The Morgan fingerprint density at radius 1 is 1.32 bits per heavy atom. The highest BCUT2D eigenvalue weighted by atomic mass is 35.5. The summed E-state index contributed by atoms with van der Waals surface area (Å²) >= 11 is 5.81. The smallest absolute Gasteiger partial charge is 0.137 e. The lowest BCUT2D eigenvalue weighted by atomic mass is 10.2. The van der Waals surface area contributed by atoms with Crippen LogP contribution in [0.2, 0.25) is 5.02 Å². The molecule has 0 bridgehead atoms. The van der Waals surface area contributed by atoms with E-state index in [2.05, 4.69) is 15.3 Å². The van der Waals surface area contributed by atoms with Gasteiger partial charge in [-0.05, 0) is 35.9 Å². The Labute approximate surface area is 114 Å². The van der Waals surface area contributed by atoms with E-state index in [1.165, 1.54) is 12.1 Å². The van der Waals surface area contributed by atoms with Crippen LogP contribution in [-0.4, -0.2) is 9.97 Å². The van der Waals surface area contributed by atoms with E-state index >= 15 is 0 Å². The number of nitrogens with zero attached hydrogens (tertiary/aromatic N) is 1. The predicted molar refractivity (Wildman–Crippen MR) is 74.8 cm³/mol. The van der Waals surface area contributed by atoms with Gasteiger partial charge in [-0.1, -0.05) is 11.6 Å². The number of H-pyrrole nitrogens is 1. The van der Waals surface area contributed by atoms with E-state index in [-0.39, 0.29) is 5.82 Å². The zero-order valence-electron chi connectivity index (χ0n) is 9.95. The number of halogens is 2. The molecule has 5 heteroatoms. The molecule has 2 N–H and O–H groups in total. The summed E-state index contributed by atoms with van der Waals surface area (Å²) in [6.07, 6.45) is 3.63. The predicted octanol–water partition coefficient (Wildman–Crippen LogP) is 3.97. The van der Waals surface area contributed by atoms with Crippen LogP contribution in [0.3, 0.4) is 0 Å². The molecule has 3 aromatic rings. The number of nitrogens with one attached hydrogen (secondary N) is 2. The number of aromatic amines is 1. The monoisotopic (exact) mass is 275 g/mol. The number of hydrogen-bond acceptors (Lipinski definition) is 2. The second-order valence-electron chi connectivity index (χ2n) is 4.23. The highest BCUT2D eigenvalue weighted by molar-refractivity contribution is 6.30. The average molecular weight is 276 g/mol. The summed E-state index contributed by atoms with van der Waals surface area (Å²) in [5.74, 6) is -0.351. The number of pyridine rings is 1. The lowest BCUT2D eigenvalue weighted by molar-refractivity contribution is 0.628. The van der Waals surface area contributed by atoms with Gasteiger partial charge in [0.15, 0.2) is 0 Å². The molecule has 1 aromatic carbocycles. The third-order valence-electron chi connectivity index (χ3n) is 2.88. The van der Waals surface area contributed by atoms with Crippen LogP contribution < -0.4 is 5.32 Å². The molecule has 19 heavy (non-hydrogen) atoms. The lowest BCUT2D eigenvalue weighted by Crippen LogP contribution is -1.99. The second kappa shape index (κ2) is 4.90. The highest BCUT2D eigenvalue weighted by Crippen LogP contribution is 2.20. The number of anilines is 1. The van der Waals surface area contributed by atoms with Crippen LogP contribution in [0.4, 0.5) is 10.1 Å². The summed E-state index contributed by atoms with van der Waals surface area (Å²) in [6, 6.07) is 8.27. The molecule has 2 heterocycles. The normalized spacial score (nSPS) is 10.8. The molecule has 3 nitrogen and oxygen atoms in total. The van der Waals surface area contributed by atoms with E-state index in [0.717, 1.165) is 16.6 Å². The van der Waals surface area contributed by atoms with Gasteiger partial charge in [-0.2, -0.15) is 0 Å². The largest absolute Gasteiger partial charge is 0.381 e. The van der Waals surface area contributed by atoms with Crippen molar-refractivity contribution in [2.24, 2.45) is 0 Å². The zero-order valence-corrected chi connectivity index (χ0v) is 10.7. The molecule has 0 radical (unpaired) electrons. The van der Waals surface area contributed by atoms with Crippen LogP contribution >= 0.6 is 11.6 Å². The SMILES string of the molecule is Fc1cc(Cl)cc(NCc2c[nH]c3ncccc23)c1. The molecule has 0 saturated heterocycles. The fourth-order valence-corrected chi connectivity index (χ4v) is 2.23. The van der Waals surface area contributed by atoms with Crippen molar-refractivity contribution in [1.29, 1.82) is 0 Å². The fourth-order valence-electron chi connectivity index (χ4n) is 2.01. The van der Waals surface area contributed by atoms with Crippen molar-refractivity contribution >= 4 is 28.3 Å². The second-order valence-corrected chi connectivity index (χ2v) is 4.66. The summed E-state index contributed by atoms with van der Waals surface area (Å²) < 4.78 is 13.2. The molecule has 0 aliphatic heterocycles. The third kappa shape index (κ3) is 2.53. The van der Waals surface area contributed by atoms with E-state index in [1.54, 1.807) is 12.3 Å². The van der Waals surface area contributed by atoms with Crippen LogP contribution in [-0.2, 0) is 6.54 Å². The quantitative estimate of drug-likeness (QED) is 0.759. The molecule has 0 aliphatic rings. The van der Waals surface area contributed by atoms with Gasteiger partial charge in [-0.15, -0.1) is 0 Å².